The molecular weight excluding hydrogens is 345 g/mol. The van der Waals surface area contributed by atoms with Crippen LogP contribution >= 0.6 is 0 Å². The standard InChI is InChI=1S/C21H28FN3O2/c1-23-13-19(26)25(18-9-5-8-17(22)12-18)15-21(23)10-11-24(14-21)20(27)16-6-3-2-4-7-16/h5,8-9,12,16H,2-4,6-7,10-11,13-15H2,1H3/t21-/m0/s1. The van der Waals surface area contributed by atoms with Crippen LogP contribution in [0.5, 0.6) is 0 Å². The lowest BCUT2D eigenvalue weighted by Crippen LogP contribution is -2.64. The summed E-state index contributed by atoms with van der Waals surface area (Å²) in [5.41, 5.74) is 0.356. The van der Waals surface area contributed by atoms with Gasteiger partial charge >= 0.3 is 0 Å². The molecule has 4 rings (SSSR count). The predicted molar refractivity (Wildman–Crippen MR) is 102 cm³/mol. The molecule has 6 heteroatoms. The van der Waals surface area contributed by atoms with Gasteiger partial charge in [-0.1, -0.05) is 25.3 Å². The van der Waals surface area contributed by atoms with Gasteiger partial charge in [-0.05, 0) is 44.5 Å². The van der Waals surface area contributed by atoms with Gasteiger partial charge in [-0.2, -0.15) is 0 Å². The van der Waals surface area contributed by atoms with Crippen molar-refractivity contribution in [3.8, 4) is 0 Å². The molecule has 1 saturated carbocycles. The topological polar surface area (TPSA) is 43.9 Å². The summed E-state index contributed by atoms with van der Waals surface area (Å²) in [6, 6.07) is 6.22. The number of carbonyl (C=O) groups excluding carboxylic acids is 2. The first-order chi connectivity index (χ1) is 13.0. The first-order valence-corrected chi connectivity index (χ1v) is 10.0. The van der Waals surface area contributed by atoms with E-state index in [2.05, 4.69) is 4.90 Å². The van der Waals surface area contributed by atoms with Gasteiger partial charge in [-0.15, -0.1) is 0 Å². The minimum absolute atomic E-state index is 0.0224. The second-order valence-electron chi connectivity index (χ2n) is 8.38. The smallest absolute Gasteiger partial charge is 0.241 e. The molecular formula is C21H28FN3O2. The monoisotopic (exact) mass is 373 g/mol. The number of likely N-dealkylation sites (N-methyl/N-ethyl adjacent to an activating group) is 1. The molecule has 1 atom stereocenters. The molecule has 0 N–H and O–H groups in total. The Morgan fingerprint density at radius 1 is 1.19 bits per heavy atom. The summed E-state index contributed by atoms with van der Waals surface area (Å²) in [5, 5.41) is 0. The van der Waals surface area contributed by atoms with Gasteiger partial charge in [0.05, 0.1) is 12.1 Å². The fourth-order valence-corrected chi connectivity index (χ4v) is 4.93. The van der Waals surface area contributed by atoms with Crippen LogP contribution in [0.25, 0.3) is 0 Å². The van der Waals surface area contributed by atoms with Gasteiger partial charge in [0.2, 0.25) is 11.8 Å². The summed E-state index contributed by atoms with van der Waals surface area (Å²) in [6.07, 6.45) is 6.40. The molecule has 2 aliphatic heterocycles. The molecule has 27 heavy (non-hydrogen) atoms. The second kappa shape index (κ2) is 7.23. The lowest BCUT2D eigenvalue weighted by Gasteiger charge is -2.46. The molecule has 0 bridgehead atoms. The molecule has 0 unspecified atom stereocenters. The number of nitrogens with zero attached hydrogens (tertiary/aromatic N) is 3. The Kier molecular flexibility index (Phi) is 4.93. The van der Waals surface area contributed by atoms with Crippen LogP contribution in [0.15, 0.2) is 24.3 Å². The lowest BCUT2D eigenvalue weighted by atomic mass is 9.88. The third-order valence-corrected chi connectivity index (χ3v) is 6.65. The number of amides is 2. The fourth-order valence-electron chi connectivity index (χ4n) is 4.93. The highest BCUT2D eigenvalue weighted by Gasteiger charge is 2.49. The first kappa shape index (κ1) is 18.4. The van der Waals surface area contributed by atoms with Crippen LogP contribution in [0.2, 0.25) is 0 Å². The molecule has 2 saturated heterocycles. The van der Waals surface area contributed by atoms with Gasteiger partial charge in [0.1, 0.15) is 5.82 Å². The van der Waals surface area contributed by atoms with Crippen molar-refractivity contribution in [3.05, 3.63) is 30.1 Å². The third-order valence-electron chi connectivity index (χ3n) is 6.65. The Balaban J connectivity index is 1.51. The van der Waals surface area contributed by atoms with Crippen molar-refractivity contribution >= 4 is 17.5 Å². The van der Waals surface area contributed by atoms with Crippen LogP contribution in [0, 0.1) is 11.7 Å². The SMILES string of the molecule is CN1CC(=O)N(c2cccc(F)c2)C[C@@]12CCN(C(=O)C1CCCCC1)C2. The van der Waals surface area contributed by atoms with E-state index in [9.17, 15) is 14.0 Å². The number of likely N-dealkylation sites (tertiary alicyclic amines) is 1. The Hall–Kier alpha value is -1.95. The van der Waals surface area contributed by atoms with E-state index < -0.39 is 0 Å². The van der Waals surface area contributed by atoms with E-state index in [1.165, 1.54) is 18.6 Å². The van der Waals surface area contributed by atoms with Gasteiger partial charge in [-0.25, -0.2) is 4.39 Å². The summed E-state index contributed by atoms with van der Waals surface area (Å²) in [5.74, 6) is 0.0949. The van der Waals surface area contributed by atoms with E-state index >= 15 is 0 Å². The Morgan fingerprint density at radius 2 is 1.96 bits per heavy atom. The normalized spacial score (nSPS) is 27.6. The molecule has 3 aliphatic rings. The van der Waals surface area contributed by atoms with Crippen LogP contribution in [0.4, 0.5) is 10.1 Å². The van der Waals surface area contributed by atoms with Crippen LogP contribution < -0.4 is 4.90 Å². The fraction of sp³-hybridized carbons (Fsp3) is 0.619. The van der Waals surface area contributed by atoms with Crippen LogP contribution in [0.3, 0.4) is 0 Å². The highest BCUT2D eigenvalue weighted by atomic mass is 19.1. The van der Waals surface area contributed by atoms with E-state index in [4.69, 9.17) is 0 Å². The number of anilines is 1. The molecule has 3 fully saturated rings. The molecule has 1 spiro atoms. The van der Waals surface area contributed by atoms with Crippen molar-refractivity contribution in [3.63, 3.8) is 0 Å². The number of halogens is 1. The molecule has 1 aromatic rings. The molecule has 2 amide bonds. The van der Waals surface area contributed by atoms with Gasteiger partial charge in [0.15, 0.2) is 0 Å². The minimum atomic E-state index is -0.339. The molecule has 5 nitrogen and oxygen atoms in total. The first-order valence-electron chi connectivity index (χ1n) is 10.0. The zero-order valence-electron chi connectivity index (χ0n) is 16.0. The lowest BCUT2D eigenvalue weighted by molar-refractivity contribution is -0.136. The van der Waals surface area contributed by atoms with Crippen molar-refractivity contribution in [2.45, 2.75) is 44.1 Å². The van der Waals surface area contributed by atoms with E-state index in [0.29, 0.717) is 25.3 Å². The summed E-state index contributed by atoms with van der Waals surface area (Å²) in [6.45, 7) is 2.19. The largest absolute Gasteiger partial charge is 0.340 e. The maximum atomic E-state index is 13.7. The summed E-state index contributed by atoms with van der Waals surface area (Å²) in [4.78, 5) is 31.4. The van der Waals surface area contributed by atoms with E-state index in [1.807, 2.05) is 11.9 Å². The van der Waals surface area contributed by atoms with Crippen molar-refractivity contribution < 1.29 is 14.0 Å². The Labute approximate surface area is 160 Å². The molecule has 146 valence electrons. The molecule has 2 heterocycles. The second-order valence-corrected chi connectivity index (χ2v) is 8.38. The van der Waals surface area contributed by atoms with Gasteiger partial charge in [0.25, 0.3) is 0 Å². The summed E-state index contributed by atoms with van der Waals surface area (Å²) in [7, 11) is 1.97. The van der Waals surface area contributed by atoms with Crippen LogP contribution in [-0.4, -0.2) is 60.4 Å². The van der Waals surface area contributed by atoms with Crippen LogP contribution in [-0.2, 0) is 9.59 Å². The predicted octanol–water partition coefficient (Wildman–Crippen LogP) is 2.66. The minimum Gasteiger partial charge on any atom is -0.340 e. The number of benzene rings is 1. The highest BCUT2D eigenvalue weighted by Crippen LogP contribution is 2.35. The van der Waals surface area contributed by atoms with E-state index in [-0.39, 0.29) is 29.1 Å². The van der Waals surface area contributed by atoms with Gasteiger partial charge < -0.3 is 9.80 Å². The molecule has 1 aromatic carbocycles. The zero-order chi connectivity index (χ0) is 19.0. The zero-order valence-corrected chi connectivity index (χ0v) is 16.0. The third kappa shape index (κ3) is 3.47. The van der Waals surface area contributed by atoms with Crippen LogP contribution in [0.1, 0.15) is 38.5 Å². The Bertz CT molecular complexity index is 734. The van der Waals surface area contributed by atoms with Crippen molar-refractivity contribution in [2.24, 2.45) is 5.92 Å². The quantitative estimate of drug-likeness (QED) is 0.801. The number of hydrogen-bond donors (Lipinski definition) is 0. The van der Waals surface area contributed by atoms with Crippen molar-refractivity contribution in [1.82, 2.24) is 9.80 Å². The molecule has 0 radical (unpaired) electrons. The average molecular weight is 373 g/mol. The summed E-state index contributed by atoms with van der Waals surface area (Å²) < 4.78 is 13.7. The number of rotatable bonds is 2. The van der Waals surface area contributed by atoms with Gasteiger partial charge in [-0.3, -0.25) is 14.5 Å². The van der Waals surface area contributed by atoms with Crippen molar-refractivity contribution in [2.75, 3.05) is 38.1 Å². The molecule has 1 aliphatic carbocycles. The maximum Gasteiger partial charge on any atom is 0.241 e. The highest BCUT2D eigenvalue weighted by molar-refractivity contribution is 5.96. The summed E-state index contributed by atoms with van der Waals surface area (Å²) >= 11 is 0. The maximum absolute atomic E-state index is 13.7. The average Bonchev–Trinajstić information content (AvgIpc) is 3.10. The van der Waals surface area contributed by atoms with E-state index in [1.54, 1.807) is 17.0 Å². The Morgan fingerprint density at radius 3 is 2.70 bits per heavy atom. The van der Waals surface area contributed by atoms with Gasteiger partial charge in [0, 0.05) is 31.2 Å². The number of piperazine rings is 1. The molecule has 0 aromatic heterocycles. The number of hydrogen-bond acceptors (Lipinski definition) is 3. The number of carbonyl (C=O) groups is 2. The van der Waals surface area contributed by atoms with E-state index in [0.717, 1.165) is 38.6 Å². The van der Waals surface area contributed by atoms with Crippen molar-refractivity contribution in [1.29, 1.82) is 0 Å².